The van der Waals surface area contributed by atoms with Crippen molar-refractivity contribution in [3.63, 3.8) is 0 Å². The average molecular weight is 309 g/mol. The van der Waals surface area contributed by atoms with Gasteiger partial charge in [-0.15, -0.1) is 22.7 Å². The quantitative estimate of drug-likeness (QED) is 0.656. The number of unbranched alkanes of at least 4 members (excludes halogenated alkanes) is 1. The van der Waals surface area contributed by atoms with Gasteiger partial charge in [-0.3, -0.25) is 0 Å². The van der Waals surface area contributed by atoms with E-state index in [9.17, 15) is 5.11 Å². The molecule has 1 nitrogen and oxygen atoms in total. The highest BCUT2D eigenvalue weighted by Gasteiger charge is 2.22. The first-order chi connectivity index (χ1) is 9.80. The number of aliphatic hydroxyl groups is 1. The van der Waals surface area contributed by atoms with Crippen LogP contribution in [0.1, 0.15) is 50.3 Å². The van der Waals surface area contributed by atoms with E-state index in [0.717, 1.165) is 6.42 Å². The molecule has 0 saturated carbocycles. The molecule has 2 rings (SSSR count). The second-order valence-electron chi connectivity index (χ2n) is 5.28. The molecular formula is C17H24OS2. The molecule has 0 aliphatic rings. The van der Waals surface area contributed by atoms with Gasteiger partial charge in [0.1, 0.15) is 0 Å². The van der Waals surface area contributed by atoms with Crippen LogP contribution in [-0.2, 0) is 0 Å². The summed E-state index contributed by atoms with van der Waals surface area (Å²) in [5, 5.41) is 11.9. The van der Waals surface area contributed by atoms with Crippen molar-refractivity contribution >= 4 is 22.7 Å². The third-order valence-electron chi connectivity index (χ3n) is 3.97. The highest BCUT2D eigenvalue weighted by molar-refractivity contribution is 7.21. The number of thiophene rings is 2. The van der Waals surface area contributed by atoms with E-state index in [1.165, 1.54) is 33.9 Å². The van der Waals surface area contributed by atoms with Crippen molar-refractivity contribution in [2.45, 2.75) is 45.4 Å². The molecule has 0 amide bonds. The molecule has 2 aromatic heterocycles. The highest BCUT2D eigenvalue weighted by atomic mass is 32.1. The monoisotopic (exact) mass is 308 g/mol. The Morgan fingerprint density at radius 2 is 2.00 bits per heavy atom. The average Bonchev–Trinajstić information content (AvgIpc) is 3.13. The van der Waals surface area contributed by atoms with E-state index in [0.29, 0.717) is 11.8 Å². The Balaban J connectivity index is 2.14. The lowest BCUT2D eigenvalue weighted by molar-refractivity contribution is 0.216. The first-order valence-corrected chi connectivity index (χ1v) is 9.24. The van der Waals surface area contributed by atoms with Crippen molar-refractivity contribution in [1.29, 1.82) is 0 Å². The Bertz CT molecular complexity index is 487. The molecule has 2 heterocycles. The van der Waals surface area contributed by atoms with Crippen LogP contribution in [0.2, 0.25) is 0 Å². The number of rotatable bonds is 8. The maximum Gasteiger partial charge on any atom is 0.0510 e. The fourth-order valence-corrected chi connectivity index (χ4v) is 4.76. The Morgan fingerprint density at radius 3 is 2.60 bits per heavy atom. The topological polar surface area (TPSA) is 20.2 Å². The molecule has 0 aliphatic carbocycles. The van der Waals surface area contributed by atoms with Gasteiger partial charge in [-0.25, -0.2) is 0 Å². The van der Waals surface area contributed by atoms with Crippen molar-refractivity contribution < 1.29 is 5.11 Å². The highest BCUT2D eigenvalue weighted by Crippen LogP contribution is 2.39. The second-order valence-corrected chi connectivity index (χ2v) is 7.34. The van der Waals surface area contributed by atoms with Crippen LogP contribution in [0.5, 0.6) is 0 Å². The lowest BCUT2D eigenvalue weighted by atomic mass is 9.85. The minimum atomic E-state index is 0.270. The fourth-order valence-electron chi connectivity index (χ4n) is 2.73. The third kappa shape index (κ3) is 3.72. The zero-order valence-electron chi connectivity index (χ0n) is 12.3. The van der Waals surface area contributed by atoms with E-state index >= 15 is 0 Å². The summed E-state index contributed by atoms with van der Waals surface area (Å²) in [5.41, 5.74) is 0. The maximum absolute atomic E-state index is 9.83. The summed E-state index contributed by atoms with van der Waals surface area (Å²) in [6, 6.07) is 8.69. The molecule has 0 aromatic carbocycles. The van der Waals surface area contributed by atoms with Gasteiger partial charge in [0.2, 0.25) is 0 Å². The van der Waals surface area contributed by atoms with E-state index in [1.807, 2.05) is 11.3 Å². The van der Waals surface area contributed by atoms with E-state index in [-0.39, 0.29) is 6.61 Å². The van der Waals surface area contributed by atoms with Gasteiger partial charge in [0.05, 0.1) is 6.61 Å². The Labute approximate surface area is 130 Å². The van der Waals surface area contributed by atoms with Crippen molar-refractivity contribution in [2.75, 3.05) is 6.61 Å². The zero-order chi connectivity index (χ0) is 14.4. The Morgan fingerprint density at radius 1 is 1.15 bits per heavy atom. The Hall–Kier alpha value is -0.640. The van der Waals surface area contributed by atoms with Gasteiger partial charge in [-0.05, 0) is 35.9 Å². The van der Waals surface area contributed by atoms with Crippen LogP contribution in [0.3, 0.4) is 0 Å². The lowest BCUT2D eigenvalue weighted by Crippen LogP contribution is -2.15. The summed E-state index contributed by atoms with van der Waals surface area (Å²) in [4.78, 5) is 4.01. The molecule has 2 aromatic rings. The zero-order valence-corrected chi connectivity index (χ0v) is 14.0. The van der Waals surface area contributed by atoms with Gasteiger partial charge in [-0.1, -0.05) is 39.2 Å². The molecule has 3 heteroatoms. The number of hydrogen-bond donors (Lipinski definition) is 1. The van der Waals surface area contributed by atoms with Crippen molar-refractivity contribution in [1.82, 2.24) is 0 Å². The SMILES string of the molecule is CCCCC(CC)C(CO)c1ccc(-c2cccs2)s1. The van der Waals surface area contributed by atoms with E-state index in [4.69, 9.17) is 0 Å². The van der Waals surface area contributed by atoms with Gasteiger partial charge in [0.25, 0.3) is 0 Å². The maximum atomic E-state index is 9.83. The fraction of sp³-hybridized carbons (Fsp3) is 0.529. The molecule has 0 radical (unpaired) electrons. The Kier molecular flexibility index (Phi) is 6.27. The molecule has 0 saturated heterocycles. The molecule has 2 unspecified atom stereocenters. The molecule has 20 heavy (non-hydrogen) atoms. The first-order valence-electron chi connectivity index (χ1n) is 7.54. The van der Waals surface area contributed by atoms with Crippen LogP contribution in [0.15, 0.2) is 29.6 Å². The van der Waals surface area contributed by atoms with Crippen molar-refractivity contribution in [3.8, 4) is 9.75 Å². The summed E-state index contributed by atoms with van der Waals surface area (Å²) in [6.07, 6.45) is 4.87. The molecule has 0 bridgehead atoms. The van der Waals surface area contributed by atoms with Gasteiger partial charge in [0, 0.05) is 20.5 Å². The van der Waals surface area contributed by atoms with Gasteiger partial charge in [-0.2, -0.15) is 0 Å². The van der Waals surface area contributed by atoms with Gasteiger partial charge >= 0.3 is 0 Å². The van der Waals surface area contributed by atoms with Crippen LogP contribution in [0.25, 0.3) is 9.75 Å². The minimum absolute atomic E-state index is 0.270. The summed E-state index contributed by atoms with van der Waals surface area (Å²) in [7, 11) is 0. The first kappa shape index (κ1) is 15.7. The van der Waals surface area contributed by atoms with E-state index in [1.54, 1.807) is 11.3 Å². The summed E-state index contributed by atoms with van der Waals surface area (Å²) in [6.45, 7) is 4.75. The van der Waals surface area contributed by atoms with Gasteiger partial charge < -0.3 is 5.11 Å². The van der Waals surface area contributed by atoms with Crippen molar-refractivity contribution in [2.24, 2.45) is 5.92 Å². The largest absolute Gasteiger partial charge is 0.396 e. The van der Waals surface area contributed by atoms with Crippen LogP contribution in [0, 0.1) is 5.92 Å². The second kappa shape index (κ2) is 7.96. The molecule has 1 N–H and O–H groups in total. The molecule has 2 atom stereocenters. The summed E-state index contributed by atoms with van der Waals surface area (Å²) >= 11 is 3.64. The van der Waals surface area contributed by atoms with Crippen LogP contribution >= 0.6 is 22.7 Å². The van der Waals surface area contributed by atoms with Gasteiger partial charge in [0.15, 0.2) is 0 Å². The number of hydrogen-bond acceptors (Lipinski definition) is 3. The molecule has 110 valence electrons. The number of aliphatic hydroxyl groups excluding tert-OH is 1. The predicted molar refractivity (Wildman–Crippen MR) is 90.8 cm³/mol. The van der Waals surface area contributed by atoms with E-state index < -0.39 is 0 Å². The molecule has 0 spiro atoms. The molecule has 0 fully saturated rings. The smallest absolute Gasteiger partial charge is 0.0510 e. The minimum Gasteiger partial charge on any atom is -0.396 e. The summed E-state index contributed by atoms with van der Waals surface area (Å²) in [5.74, 6) is 0.917. The van der Waals surface area contributed by atoms with Crippen LogP contribution in [-0.4, -0.2) is 11.7 Å². The standard InChI is InChI=1S/C17H24OS2/c1-3-5-7-13(4-2)14(12-18)15-9-10-17(20-15)16-8-6-11-19-16/h6,8-11,13-14,18H,3-5,7,12H2,1-2H3. The summed E-state index contributed by atoms with van der Waals surface area (Å²) < 4.78 is 0. The van der Waals surface area contributed by atoms with Crippen LogP contribution in [0.4, 0.5) is 0 Å². The van der Waals surface area contributed by atoms with Crippen LogP contribution < -0.4 is 0 Å². The lowest BCUT2D eigenvalue weighted by Gasteiger charge is -2.23. The van der Waals surface area contributed by atoms with Crippen molar-refractivity contribution in [3.05, 3.63) is 34.5 Å². The third-order valence-corrected chi connectivity index (χ3v) is 6.26. The molecule has 0 aliphatic heterocycles. The molecular weight excluding hydrogens is 284 g/mol. The predicted octanol–water partition coefficient (Wildman–Crippen LogP) is 5.77. The normalized spacial score (nSPS) is 14.3. The van der Waals surface area contributed by atoms with E-state index in [2.05, 4.69) is 43.5 Å².